The zero-order valence-corrected chi connectivity index (χ0v) is 9.41. The predicted molar refractivity (Wildman–Crippen MR) is 61.4 cm³/mol. The van der Waals surface area contributed by atoms with Gasteiger partial charge in [0.25, 0.3) is 0 Å². The van der Waals surface area contributed by atoms with Crippen molar-refractivity contribution < 1.29 is 9.59 Å². The molecule has 4 nitrogen and oxygen atoms in total. The van der Waals surface area contributed by atoms with E-state index in [1.807, 2.05) is 32.0 Å². The van der Waals surface area contributed by atoms with Crippen molar-refractivity contribution in [3.05, 3.63) is 29.3 Å². The molecule has 1 aromatic rings. The highest BCUT2D eigenvalue weighted by atomic mass is 16.2. The summed E-state index contributed by atoms with van der Waals surface area (Å²) < 4.78 is 0. The molecule has 2 rings (SSSR count). The minimum atomic E-state index is -0.325. The van der Waals surface area contributed by atoms with E-state index in [4.69, 9.17) is 0 Å². The van der Waals surface area contributed by atoms with E-state index in [-0.39, 0.29) is 11.9 Å². The van der Waals surface area contributed by atoms with Crippen LogP contribution in [0.2, 0.25) is 0 Å². The summed E-state index contributed by atoms with van der Waals surface area (Å²) in [7, 11) is 0. The number of nitrogens with one attached hydrogen (secondary N) is 1. The Balaban J connectivity index is 2.49. The molecule has 0 unspecified atom stereocenters. The molecule has 1 N–H and O–H groups in total. The van der Waals surface area contributed by atoms with Crippen LogP contribution in [0.3, 0.4) is 0 Å². The fraction of sp³-hybridized carbons (Fsp3) is 0.333. The van der Waals surface area contributed by atoms with Gasteiger partial charge in [0.2, 0.25) is 5.91 Å². The first-order valence-electron chi connectivity index (χ1n) is 5.28. The summed E-state index contributed by atoms with van der Waals surface area (Å²) in [4.78, 5) is 24.7. The Morgan fingerprint density at radius 1 is 1.19 bits per heavy atom. The Bertz CT molecular complexity index is 418. The van der Waals surface area contributed by atoms with E-state index in [2.05, 4.69) is 5.32 Å². The number of hydrogen-bond acceptors (Lipinski definition) is 2. The third-order valence-corrected chi connectivity index (χ3v) is 2.73. The molecule has 0 atom stereocenters. The van der Waals surface area contributed by atoms with Crippen molar-refractivity contribution in [2.75, 3.05) is 11.4 Å². The molecule has 0 aromatic heterocycles. The second-order valence-corrected chi connectivity index (χ2v) is 3.95. The number of carbonyl (C=O) groups excluding carboxylic acids is 2. The van der Waals surface area contributed by atoms with Crippen molar-refractivity contribution in [1.29, 1.82) is 0 Å². The highest BCUT2D eigenvalue weighted by molar-refractivity contribution is 6.16. The van der Waals surface area contributed by atoms with Gasteiger partial charge in [0.1, 0.15) is 0 Å². The van der Waals surface area contributed by atoms with Crippen LogP contribution in [0.4, 0.5) is 10.5 Å². The number of para-hydroxylation sites is 1. The average Bonchev–Trinajstić information content (AvgIpc) is 2.21. The molecular weight excluding hydrogens is 204 g/mol. The highest BCUT2D eigenvalue weighted by Gasteiger charge is 2.29. The van der Waals surface area contributed by atoms with Crippen molar-refractivity contribution in [3.63, 3.8) is 0 Å². The van der Waals surface area contributed by atoms with Crippen LogP contribution in [0.25, 0.3) is 0 Å². The molecule has 1 saturated heterocycles. The topological polar surface area (TPSA) is 49.4 Å². The van der Waals surface area contributed by atoms with Gasteiger partial charge in [-0.1, -0.05) is 18.2 Å². The van der Waals surface area contributed by atoms with Gasteiger partial charge >= 0.3 is 6.03 Å². The van der Waals surface area contributed by atoms with E-state index in [0.29, 0.717) is 18.7 Å². The van der Waals surface area contributed by atoms with Crippen LogP contribution in [0.1, 0.15) is 17.5 Å². The molecule has 84 valence electrons. The summed E-state index contributed by atoms with van der Waals surface area (Å²) in [5, 5.41) is 2.68. The Hall–Kier alpha value is -1.84. The molecule has 0 spiro atoms. The number of nitrogens with zero attached hydrogens (tertiary/aromatic N) is 1. The normalized spacial score (nSPS) is 16.2. The number of amides is 3. The van der Waals surface area contributed by atoms with E-state index in [1.54, 1.807) is 0 Å². The van der Waals surface area contributed by atoms with E-state index >= 15 is 0 Å². The molecule has 1 aliphatic heterocycles. The van der Waals surface area contributed by atoms with E-state index in [9.17, 15) is 9.59 Å². The fourth-order valence-corrected chi connectivity index (χ4v) is 1.97. The van der Waals surface area contributed by atoms with Gasteiger partial charge in [0.05, 0.1) is 5.69 Å². The largest absolute Gasteiger partial charge is 0.337 e. The van der Waals surface area contributed by atoms with Crippen LogP contribution in [0.15, 0.2) is 18.2 Å². The Morgan fingerprint density at radius 2 is 1.81 bits per heavy atom. The number of aryl methyl sites for hydroxylation is 2. The van der Waals surface area contributed by atoms with Gasteiger partial charge in [0, 0.05) is 13.0 Å². The first kappa shape index (κ1) is 10.7. The fourth-order valence-electron chi connectivity index (χ4n) is 1.97. The van der Waals surface area contributed by atoms with Gasteiger partial charge in [-0.15, -0.1) is 0 Å². The molecule has 16 heavy (non-hydrogen) atoms. The number of rotatable bonds is 1. The summed E-state index contributed by atoms with van der Waals surface area (Å²) in [5.74, 6) is -0.138. The molecule has 0 bridgehead atoms. The Morgan fingerprint density at radius 3 is 2.38 bits per heavy atom. The lowest BCUT2D eigenvalue weighted by Gasteiger charge is -2.28. The van der Waals surface area contributed by atoms with Gasteiger partial charge in [0.15, 0.2) is 0 Å². The van der Waals surface area contributed by atoms with E-state index in [0.717, 1.165) is 11.1 Å². The van der Waals surface area contributed by atoms with Crippen LogP contribution >= 0.6 is 0 Å². The van der Waals surface area contributed by atoms with E-state index in [1.165, 1.54) is 4.90 Å². The molecule has 1 aromatic carbocycles. The number of carbonyl (C=O) groups is 2. The van der Waals surface area contributed by atoms with Crippen molar-refractivity contribution in [2.24, 2.45) is 0 Å². The van der Waals surface area contributed by atoms with Crippen LogP contribution in [0, 0.1) is 13.8 Å². The minimum Gasteiger partial charge on any atom is -0.337 e. The molecule has 1 fully saturated rings. The molecule has 3 amide bonds. The van der Waals surface area contributed by atoms with Gasteiger partial charge in [-0.2, -0.15) is 0 Å². The molecule has 4 heteroatoms. The second kappa shape index (κ2) is 3.96. The monoisotopic (exact) mass is 218 g/mol. The standard InChI is InChI=1S/C12H14N2O2/c1-8-4-3-5-9(2)11(8)14-10(15)6-7-13-12(14)16/h3-5H,6-7H2,1-2H3,(H,13,16). The van der Waals surface area contributed by atoms with Crippen molar-refractivity contribution in [1.82, 2.24) is 5.32 Å². The van der Waals surface area contributed by atoms with Crippen molar-refractivity contribution in [2.45, 2.75) is 20.3 Å². The maximum absolute atomic E-state index is 11.8. The number of imide groups is 1. The molecular formula is C12H14N2O2. The number of urea groups is 1. The molecule has 0 saturated carbocycles. The average molecular weight is 218 g/mol. The highest BCUT2D eigenvalue weighted by Crippen LogP contribution is 2.26. The van der Waals surface area contributed by atoms with Crippen molar-refractivity contribution in [3.8, 4) is 0 Å². The number of anilines is 1. The lowest BCUT2D eigenvalue weighted by molar-refractivity contribution is -0.118. The second-order valence-electron chi connectivity index (χ2n) is 3.95. The lowest BCUT2D eigenvalue weighted by Crippen LogP contribution is -2.50. The summed E-state index contributed by atoms with van der Waals surface area (Å²) in [6, 6.07) is 5.39. The predicted octanol–water partition coefficient (Wildman–Crippen LogP) is 1.75. The van der Waals surface area contributed by atoms with Crippen LogP contribution in [-0.2, 0) is 4.79 Å². The summed E-state index contributed by atoms with van der Waals surface area (Å²) in [6.45, 7) is 4.23. The third-order valence-electron chi connectivity index (χ3n) is 2.73. The molecule has 1 aliphatic rings. The van der Waals surface area contributed by atoms with Crippen LogP contribution in [0.5, 0.6) is 0 Å². The maximum atomic E-state index is 11.8. The lowest BCUT2D eigenvalue weighted by atomic mass is 10.1. The van der Waals surface area contributed by atoms with Gasteiger partial charge < -0.3 is 5.32 Å². The molecule has 1 heterocycles. The van der Waals surface area contributed by atoms with Crippen molar-refractivity contribution >= 4 is 17.6 Å². The van der Waals surface area contributed by atoms with E-state index < -0.39 is 0 Å². The number of hydrogen-bond donors (Lipinski definition) is 1. The number of benzene rings is 1. The third kappa shape index (κ3) is 1.66. The SMILES string of the molecule is Cc1cccc(C)c1N1C(=O)CCNC1=O. The van der Waals surface area contributed by atoms with Gasteiger partial charge in [-0.3, -0.25) is 4.79 Å². The Labute approximate surface area is 94.2 Å². The van der Waals surface area contributed by atoms with Gasteiger partial charge in [-0.25, -0.2) is 9.69 Å². The Kier molecular flexibility index (Phi) is 2.64. The first-order chi connectivity index (χ1) is 7.61. The van der Waals surface area contributed by atoms with Crippen LogP contribution in [-0.4, -0.2) is 18.5 Å². The quantitative estimate of drug-likeness (QED) is 0.780. The van der Waals surface area contributed by atoms with Crippen LogP contribution < -0.4 is 10.2 Å². The molecule has 0 radical (unpaired) electrons. The minimum absolute atomic E-state index is 0.138. The summed E-state index contributed by atoms with van der Waals surface area (Å²) >= 11 is 0. The summed E-state index contributed by atoms with van der Waals surface area (Å²) in [6.07, 6.45) is 0.361. The zero-order valence-electron chi connectivity index (χ0n) is 9.41. The van der Waals surface area contributed by atoms with Gasteiger partial charge in [-0.05, 0) is 25.0 Å². The summed E-state index contributed by atoms with van der Waals surface area (Å²) in [5.41, 5.74) is 2.58. The zero-order chi connectivity index (χ0) is 11.7. The molecule has 0 aliphatic carbocycles. The first-order valence-corrected chi connectivity index (χ1v) is 5.28. The maximum Gasteiger partial charge on any atom is 0.328 e. The smallest absolute Gasteiger partial charge is 0.328 e.